The van der Waals surface area contributed by atoms with E-state index in [9.17, 15) is 4.79 Å². The Bertz CT molecular complexity index is 1300. The Morgan fingerprint density at radius 2 is 1.97 bits per heavy atom. The SMILES string of the molecule is NC(=O)[C@@H]1[C@H](Nc2c(Cl)cnc3nc(-c4ccc(N5CCOCC5)cc4Cl)[nH]c23)[C@H]2C=C[C@@H]1C2. The Hall–Kier alpha value is -2.81. The van der Waals surface area contributed by atoms with Gasteiger partial charge < -0.3 is 25.7 Å². The van der Waals surface area contributed by atoms with E-state index in [-0.39, 0.29) is 29.7 Å². The number of carbonyl (C=O) groups is 1. The Labute approximate surface area is 206 Å². The molecular formula is C24H24Cl2N6O2. The molecule has 176 valence electrons. The number of H-pyrrole nitrogens is 1. The van der Waals surface area contributed by atoms with Crippen molar-refractivity contribution in [1.29, 1.82) is 0 Å². The topological polar surface area (TPSA) is 109 Å². The van der Waals surface area contributed by atoms with Crippen LogP contribution in [0.1, 0.15) is 6.42 Å². The third kappa shape index (κ3) is 3.61. The van der Waals surface area contributed by atoms with Gasteiger partial charge in [-0.05, 0) is 36.5 Å². The summed E-state index contributed by atoms with van der Waals surface area (Å²) in [6.07, 6.45) is 6.74. The van der Waals surface area contributed by atoms with Crippen LogP contribution in [0.15, 0.2) is 36.5 Å². The number of hydrogen-bond acceptors (Lipinski definition) is 6. The van der Waals surface area contributed by atoms with Crippen molar-refractivity contribution < 1.29 is 9.53 Å². The second kappa shape index (κ2) is 8.45. The van der Waals surface area contributed by atoms with E-state index in [1.165, 1.54) is 0 Å². The van der Waals surface area contributed by atoms with Crippen molar-refractivity contribution in [3.8, 4) is 11.4 Å². The monoisotopic (exact) mass is 498 g/mol. The summed E-state index contributed by atoms with van der Waals surface area (Å²) < 4.78 is 5.44. The number of ether oxygens (including phenoxy) is 1. The first-order valence-electron chi connectivity index (χ1n) is 11.4. The molecule has 34 heavy (non-hydrogen) atoms. The van der Waals surface area contributed by atoms with E-state index in [2.05, 4.69) is 37.3 Å². The molecule has 1 saturated carbocycles. The number of morpholine rings is 1. The van der Waals surface area contributed by atoms with Gasteiger partial charge in [-0.1, -0.05) is 35.4 Å². The second-order valence-corrected chi connectivity index (χ2v) is 9.89. The summed E-state index contributed by atoms with van der Waals surface area (Å²) in [7, 11) is 0. The molecule has 1 aromatic carbocycles. The molecule has 3 aliphatic rings. The van der Waals surface area contributed by atoms with Gasteiger partial charge in [-0.15, -0.1) is 0 Å². The smallest absolute Gasteiger partial charge is 0.223 e. The number of aromatic nitrogens is 3. The molecule has 10 heteroatoms. The van der Waals surface area contributed by atoms with E-state index in [4.69, 9.17) is 33.7 Å². The molecule has 6 rings (SSSR count). The average Bonchev–Trinajstić information content (AvgIpc) is 3.56. The number of primary amides is 1. The zero-order valence-corrected chi connectivity index (χ0v) is 19.8. The molecular weight excluding hydrogens is 475 g/mol. The van der Waals surface area contributed by atoms with Crippen LogP contribution in [0, 0.1) is 17.8 Å². The maximum absolute atomic E-state index is 12.2. The lowest BCUT2D eigenvalue weighted by molar-refractivity contribution is -0.122. The van der Waals surface area contributed by atoms with Crippen molar-refractivity contribution in [3.63, 3.8) is 0 Å². The predicted octanol–water partition coefficient (Wildman–Crippen LogP) is 3.86. The van der Waals surface area contributed by atoms with E-state index in [0.29, 0.717) is 45.9 Å². The van der Waals surface area contributed by atoms with Crippen LogP contribution in [-0.4, -0.2) is 53.2 Å². The minimum absolute atomic E-state index is 0.126. The number of nitrogens with zero attached hydrogens (tertiary/aromatic N) is 3. The largest absolute Gasteiger partial charge is 0.378 e. The lowest BCUT2D eigenvalue weighted by atomic mass is 9.88. The third-order valence-corrected chi connectivity index (χ3v) is 7.76. The lowest BCUT2D eigenvalue weighted by Crippen LogP contribution is -2.41. The Balaban J connectivity index is 1.34. The minimum atomic E-state index is -0.298. The number of benzene rings is 1. The molecule has 2 aliphatic carbocycles. The number of aromatic amines is 1. The van der Waals surface area contributed by atoms with Crippen molar-refractivity contribution in [2.45, 2.75) is 12.5 Å². The quantitative estimate of drug-likeness (QED) is 0.460. The number of amides is 1. The summed E-state index contributed by atoms with van der Waals surface area (Å²) >= 11 is 13.2. The average molecular weight is 499 g/mol. The second-order valence-electron chi connectivity index (χ2n) is 9.08. The van der Waals surface area contributed by atoms with Gasteiger partial charge in [-0.3, -0.25) is 4.79 Å². The number of pyridine rings is 1. The minimum Gasteiger partial charge on any atom is -0.378 e. The zero-order chi connectivity index (χ0) is 23.4. The van der Waals surface area contributed by atoms with E-state index in [0.717, 1.165) is 30.8 Å². The number of carbonyl (C=O) groups excluding carboxylic acids is 1. The van der Waals surface area contributed by atoms with Gasteiger partial charge in [0, 0.05) is 30.4 Å². The van der Waals surface area contributed by atoms with Gasteiger partial charge in [0.1, 0.15) is 11.3 Å². The van der Waals surface area contributed by atoms with Gasteiger partial charge in [0.05, 0.1) is 41.1 Å². The van der Waals surface area contributed by atoms with Crippen LogP contribution in [-0.2, 0) is 9.53 Å². The molecule has 2 fully saturated rings. The highest BCUT2D eigenvalue weighted by Gasteiger charge is 2.47. The predicted molar refractivity (Wildman–Crippen MR) is 133 cm³/mol. The van der Waals surface area contributed by atoms with Crippen molar-refractivity contribution in [2.24, 2.45) is 23.5 Å². The third-order valence-electron chi connectivity index (χ3n) is 7.16. The normalized spacial score (nSPS) is 25.9. The lowest BCUT2D eigenvalue weighted by Gasteiger charge is -2.29. The highest BCUT2D eigenvalue weighted by molar-refractivity contribution is 6.34. The van der Waals surface area contributed by atoms with E-state index >= 15 is 0 Å². The van der Waals surface area contributed by atoms with Crippen LogP contribution < -0.4 is 16.0 Å². The highest BCUT2D eigenvalue weighted by atomic mass is 35.5. The number of halogens is 2. The zero-order valence-electron chi connectivity index (χ0n) is 18.3. The molecule has 3 aromatic rings. The van der Waals surface area contributed by atoms with Crippen LogP contribution >= 0.6 is 23.2 Å². The molecule has 1 amide bonds. The first-order chi connectivity index (χ1) is 16.5. The highest BCUT2D eigenvalue weighted by Crippen LogP contribution is 2.46. The number of nitrogens with one attached hydrogen (secondary N) is 2. The van der Waals surface area contributed by atoms with Crippen LogP contribution in [0.2, 0.25) is 10.0 Å². The van der Waals surface area contributed by atoms with Crippen molar-refractivity contribution >= 4 is 51.6 Å². The van der Waals surface area contributed by atoms with Gasteiger partial charge in [-0.25, -0.2) is 9.97 Å². The Kier molecular flexibility index (Phi) is 5.39. The van der Waals surface area contributed by atoms with Gasteiger partial charge in [0.15, 0.2) is 5.65 Å². The summed E-state index contributed by atoms with van der Waals surface area (Å²) in [5.74, 6) is 0.418. The molecule has 0 spiro atoms. The molecule has 1 aliphatic heterocycles. The van der Waals surface area contributed by atoms with Gasteiger partial charge >= 0.3 is 0 Å². The summed E-state index contributed by atoms with van der Waals surface area (Å²) in [4.78, 5) is 26.8. The van der Waals surface area contributed by atoms with E-state index in [1.54, 1.807) is 6.20 Å². The first kappa shape index (κ1) is 21.7. The molecule has 4 N–H and O–H groups in total. The molecule has 3 heterocycles. The molecule has 0 unspecified atom stereocenters. The van der Waals surface area contributed by atoms with Crippen molar-refractivity contribution in [3.05, 3.63) is 46.6 Å². The number of rotatable bonds is 5. The number of anilines is 2. The fourth-order valence-corrected chi connectivity index (χ4v) is 5.95. The maximum atomic E-state index is 12.2. The summed E-state index contributed by atoms with van der Waals surface area (Å²) in [5.41, 5.74) is 9.43. The Morgan fingerprint density at radius 1 is 1.18 bits per heavy atom. The molecule has 1 saturated heterocycles. The summed E-state index contributed by atoms with van der Waals surface area (Å²) in [5, 5.41) is 4.54. The van der Waals surface area contributed by atoms with Crippen LogP contribution in [0.3, 0.4) is 0 Å². The van der Waals surface area contributed by atoms with E-state index < -0.39 is 0 Å². The van der Waals surface area contributed by atoms with Crippen LogP contribution in [0.5, 0.6) is 0 Å². The first-order valence-corrected chi connectivity index (χ1v) is 12.2. The Morgan fingerprint density at radius 3 is 2.74 bits per heavy atom. The van der Waals surface area contributed by atoms with E-state index in [1.807, 2.05) is 18.2 Å². The standard InChI is InChI=1S/C24H24Cl2N6O2/c25-16-10-14(32-5-7-34-8-6-32)3-4-15(16)23-30-21-20(17(26)11-28-24(21)31-23)29-19-13-2-1-12(9-13)18(19)22(27)33/h1-4,10-13,18-19H,5-9H2,(H2,27,33)(H2,28,29,30,31)/t12-,13+,18+,19-/m1/s1. The molecule has 8 nitrogen and oxygen atoms in total. The van der Waals surface area contributed by atoms with Crippen LogP contribution in [0.4, 0.5) is 11.4 Å². The number of allylic oxidation sites excluding steroid dienone is 1. The maximum Gasteiger partial charge on any atom is 0.223 e. The van der Waals surface area contributed by atoms with Gasteiger partial charge in [0.2, 0.25) is 5.91 Å². The van der Waals surface area contributed by atoms with Crippen LogP contribution in [0.25, 0.3) is 22.6 Å². The molecule has 4 atom stereocenters. The van der Waals surface area contributed by atoms with Crippen molar-refractivity contribution in [1.82, 2.24) is 15.0 Å². The van der Waals surface area contributed by atoms with Crippen molar-refractivity contribution in [2.75, 3.05) is 36.5 Å². The molecule has 0 radical (unpaired) electrons. The number of nitrogens with two attached hydrogens (primary N) is 1. The number of hydrogen-bond donors (Lipinski definition) is 3. The fraction of sp³-hybridized carbons (Fsp3) is 0.375. The number of fused-ring (bicyclic) bond motifs is 3. The number of imidazole rings is 1. The van der Waals surface area contributed by atoms with Gasteiger partial charge in [0.25, 0.3) is 0 Å². The fourth-order valence-electron chi connectivity index (χ4n) is 5.49. The van der Waals surface area contributed by atoms with Gasteiger partial charge in [-0.2, -0.15) is 0 Å². The summed E-state index contributed by atoms with van der Waals surface area (Å²) in [6, 6.07) is 5.83. The molecule has 2 aromatic heterocycles. The summed E-state index contributed by atoms with van der Waals surface area (Å²) in [6.45, 7) is 3.09. The molecule has 2 bridgehead atoms.